The summed E-state index contributed by atoms with van der Waals surface area (Å²) in [4.78, 5) is 12.7. The molecule has 0 bridgehead atoms. The third kappa shape index (κ3) is 1.52. The molecule has 6 nitrogen and oxygen atoms in total. The van der Waals surface area contributed by atoms with E-state index in [-0.39, 0.29) is 23.3 Å². The van der Waals surface area contributed by atoms with Gasteiger partial charge in [-0.05, 0) is 12.8 Å². The highest BCUT2D eigenvalue weighted by atomic mass is 16.5. The van der Waals surface area contributed by atoms with Crippen molar-refractivity contribution in [3.05, 3.63) is 11.8 Å². The minimum Gasteiger partial charge on any atom is -0.377 e. The van der Waals surface area contributed by atoms with Gasteiger partial charge in [-0.2, -0.15) is 5.10 Å². The molecule has 0 spiro atoms. The van der Waals surface area contributed by atoms with Crippen LogP contribution in [0.3, 0.4) is 0 Å². The van der Waals surface area contributed by atoms with Crippen LogP contribution in [0.2, 0.25) is 0 Å². The summed E-state index contributed by atoms with van der Waals surface area (Å²) in [7, 11) is 0. The van der Waals surface area contributed by atoms with E-state index in [1.807, 2.05) is 20.8 Å². The second-order valence-electron chi connectivity index (χ2n) is 6.36. The van der Waals surface area contributed by atoms with Crippen molar-refractivity contribution >= 4 is 11.7 Å². The summed E-state index contributed by atoms with van der Waals surface area (Å²) in [6.07, 6.45) is 3.47. The van der Waals surface area contributed by atoms with E-state index in [1.165, 1.54) is 0 Å². The Hall–Kier alpha value is -1.40. The molecule has 3 unspecified atom stereocenters. The number of aromatic amines is 1. The van der Waals surface area contributed by atoms with Gasteiger partial charge in [-0.25, -0.2) is 0 Å². The van der Waals surface area contributed by atoms with E-state index in [0.717, 1.165) is 18.4 Å². The maximum Gasteiger partial charge on any atom is 0.246 e. The minimum absolute atomic E-state index is 0.0886. The van der Waals surface area contributed by atoms with E-state index in [0.29, 0.717) is 12.4 Å². The summed E-state index contributed by atoms with van der Waals surface area (Å²) in [6.45, 7) is 6.72. The van der Waals surface area contributed by atoms with Crippen LogP contribution < -0.4 is 11.1 Å². The lowest BCUT2D eigenvalue weighted by Gasteiger charge is -2.60. The van der Waals surface area contributed by atoms with Crippen LogP contribution in [0, 0.1) is 11.3 Å². The van der Waals surface area contributed by atoms with Gasteiger partial charge < -0.3 is 15.8 Å². The second kappa shape index (κ2) is 4.30. The van der Waals surface area contributed by atoms with Crippen LogP contribution in [0.4, 0.5) is 5.82 Å². The van der Waals surface area contributed by atoms with E-state index < -0.39 is 5.54 Å². The Morgan fingerprint density at radius 1 is 1.65 bits per heavy atom. The molecule has 3 atom stereocenters. The molecule has 6 heteroatoms. The highest BCUT2D eigenvalue weighted by molar-refractivity contribution is 6.00. The normalized spacial score (nSPS) is 34.4. The predicted molar refractivity (Wildman–Crippen MR) is 75.1 cm³/mol. The van der Waals surface area contributed by atoms with Crippen molar-refractivity contribution < 1.29 is 9.53 Å². The van der Waals surface area contributed by atoms with Crippen LogP contribution in [0.15, 0.2) is 6.20 Å². The first-order valence-electron chi connectivity index (χ1n) is 7.17. The zero-order valence-electron chi connectivity index (χ0n) is 12.2. The molecular formula is C14H22N4O2. The Balaban J connectivity index is 1.83. The van der Waals surface area contributed by atoms with Gasteiger partial charge >= 0.3 is 0 Å². The Morgan fingerprint density at radius 3 is 3.10 bits per heavy atom. The Bertz CT molecular complexity index is 539. The van der Waals surface area contributed by atoms with Crippen molar-refractivity contribution in [1.82, 2.24) is 10.2 Å². The van der Waals surface area contributed by atoms with Crippen molar-refractivity contribution in [2.24, 2.45) is 17.1 Å². The highest BCUT2D eigenvalue weighted by Gasteiger charge is 2.71. The number of amides is 1. The van der Waals surface area contributed by atoms with Crippen LogP contribution >= 0.6 is 0 Å². The fraction of sp³-hybridized carbons (Fsp3) is 0.714. The molecule has 4 N–H and O–H groups in total. The van der Waals surface area contributed by atoms with Crippen LogP contribution in [0.1, 0.15) is 32.8 Å². The van der Waals surface area contributed by atoms with Gasteiger partial charge in [-0.15, -0.1) is 0 Å². The third-order valence-electron chi connectivity index (χ3n) is 5.17. The predicted octanol–water partition coefficient (Wildman–Crippen LogP) is 1.05. The molecule has 1 saturated carbocycles. The number of fused-ring (bicyclic) bond motifs is 1. The number of rotatable bonds is 3. The second-order valence-corrected chi connectivity index (χ2v) is 6.36. The van der Waals surface area contributed by atoms with Crippen LogP contribution in [0.25, 0.3) is 0 Å². The monoisotopic (exact) mass is 278 g/mol. The molecule has 2 heterocycles. The lowest BCUT2D eigenvalue weighted by atomic mass is 9.48. The first kappa shape index (κ1) is 13.6. The number of hydrogen-bond acceptors (Lipinski definition) is 4. The standard InChI is InChI=1S/C14H22N4O2/c1-4-8-7-16-18-11(8)17-12(19)14(15)9-5-6-20-10(9)13(14,2)3/h7,9-10H,4-6,15H2,1-3H3,(H2,16,17,18,19). The minimum atomic E-state index is -0.885. The lowest BCUT2D eigenvalue weighted by molar-refractivity contribution is -0.170. The average molecular weight is 278 g/mol. The maximum atomic E-state index is 12.7. The van der Waals surface area contributed by atoms with E-state index in [9.17, 15) is 4.79 Å². The number of H-pyrrole nitrogens is 1. The smallest absolute Gasteiger partial charge is 0.246 e. The number of aromatic nitrogens is 2. The molecule has 1 aliphatic heterocycles. The number of hydrogen-bond donors (Lipinski definition) is 3. The van der Waals surface area contributed by atoms with E-state index in [4.69, 9.17) is 10.5 Å². The van der Waals surface area contributed by atoms with Crippen LogP contribution in [-0.2, 0) is 16.0 Å². The summed E-state index contributed by atoms with van der Waals surface area (Å²) in [5, 5.41) is 9.71. The van der Waals surface area contributed by atoms with E-state index >= 15 is 0 Å². The van der Waals surface area contributed by atoms with Crippen molar-refractivity contribution in [1.29, 1.82) is 0 Å². The van der Waals surface area contributed by atoms with Crippen LogP contribution in [-0.4, -0.2) is 34.4 Å². The molecule has 1 saturated heterocycles. The van der Waals surface area contributed by atoms with Gasteiger partial charge in [0.1, 0.15) is 11.4 Å². The van der Waals surface area contributed by atoms with Crippen molar-refractivity contribution in [2.45, 2.75) is 45.3 Å². The summed E-state index contributed by atoms with van der Waals surface area (Å²) < 4.78 is 5.71. The molecule has 1 aromatic rings. The van der Waals surface area contributed by atoms with Gasteiger partial charge in [0, 0.05) is 23.5 Å². The van der Waals surface area contributed by atoms with Gasteiger partial charge in [0.25, 0.3) is 0 Å². The Kier molecular flexibility index (Phi) is 2.92. The molecule has 1 amide bonds. The number of aryl methyl sites for hydroxylation is 1. The average Bonchev–Trinajstić information content (AvgIpc) is 3.05. The molecule has 1 aromatic heterocycles. The molecule has 110 valence electrons. The SMILES string of the molecule is CCc1cn[nH]c1NC(=O)C1(N)C2CCOC2C1(C)C. The highest BCUT2D eigenvalue weighted by Crippen LogP contribution is 2.58. The number of nitrogens with one attached hydrogen (secondary N) is 2. The number of nitrogens with zero attached hydrogens (tertiary/aromatic N) is 1. The molecule has 20 heavy (non-hydrogen) atoms. The molecule has 3 rings (SSSR count). The van der Waals surface area contributed by atoms with Gasteiger partial charge in [-0.1, -0.05) is 20.8 Å². The lowest BCUT2D eigenvalue weighted by Crippen LogP contribution is -2.79. The Morgan fingerprint density at radius 2 is 2.40 bits per heavy atom. The van der Waals surface area contributed by atoms with Gasteiger partial charge in [0.15, 0.2) is 0 Å². The quantitative estimate of drug-likeness (QED) is 0.770. The summed E-state index contributed by atoms with van der Waals surface area (Å²) in [5.74, 6) is 0.610. The number of carbonyl (C=O) groups is 1. The fourth-order valence-electron chi connectivity index (χ4n) is 3.75. The topological polar surface area (TPSA) is 93.0 Å². The summed E-state index contributed by atoms with van der Waals surface area (Å²) in [6, 6.07) is 0. The first-order valence-corrected chi connectivity index (χ1v) is 7.17. The molecular weight excluding hydrogens is 256 g/mol. The number of ether oxygens (including phenoxy) is 1. The van der Waals surface area contributed by atoms with Crippen LogP contribution in [0.5, 0.6) is 0 Å². The zero-order valence-corrected chi connectivity index (χ0v) is 12.2. The first-order chi connectivity index (χ1) is 9.42. The Labute approximate surface area is 118 Å². The van der Waals surface area contributed by atoms with E-state index in [2.05, 4.69) is 15.5 Å². The third-order valence-corrected chi connectivity index (χ3v) is 5.17. The summed E-state index contributed by atoms with van der Waals surface area (Å²) in [5.41, 5.74) is 6.23. The molecule has 2 fully saturated rings. The van der Waals surface area contributed by atoms with Crippen molar-refractivity contribution in [3.63, 3.8) is 0 Å². The number of nitrogens with two attached hydrogens (primary N) is 1. The van der Waals surface area contributed by atoms with Gasteiger partial charge in [0.05, 0.1) is 12.3 Å². The molecule has 0 radical (unpaired) electrons. The fourth-order valence-corrected chi connectivity index (χ4v) is 3.75. The molecule has 0 aromatic carbocycles. The summed E-state index contributed by atoms with van der Waals surface area (Å²) >= 11 is 0. The number of anilines is 1. The zero-order chi connectivity index (χ0) is 14.5. The van der Waals surface area contributed by atoms with E-state index in [1.54, 1.807) is 6.20 Å². The van der Waals surface area contributed by atoms with Gasteiger partial charge in [-0.3, -0.25) is 9.89 Å². The molecule has 2 aliphatic rings. The maximum absolute atomic E-state index is 12.7. The number of carbonyl (C=O) groups excluding carboxylic acids is 1. The largest absolute Gasteiger partial charge is 0.377 e. The van der Waals surface area contributed by atoms with Crippen molar-refractivity contribution in [3.8, 4) is 0 Å². The van der Waals surface area contributed by atoms with Crippen molar-refractivity contribution in [2.75, 3.05) is 11.9 Å². The molecule has 1 aliphatic carbocycles. The van der Waals surface area contributed by atoms with Gasteiger partial charge in [0.2, 0.25) is 5.91 Å².